The first-order valence-electron chi connectivity index (χ1n) is 11.6. The normalized spacial score (nSPS) is 24.8. The van der Waals surface area contributed by atoms with Gasteiger partial charge < -0.3 is 15.1 Å². The number of nitrogens with zero attached hydrogens (tertiary/aromatic N) is 2. The number of amides is 3. The molecule has 2 unspecified atom stereocenters. The van der Waals surface area contributed by atoms with Crippen molar-refractivity contribution in [2.75, 3.05) is 24.2 Å². The highest BCUT2D eigenvalue weighted by Crippen LogP contribution is 2.48. The zero-order valence-electron chi connectivity index (χ0n) is 19.1. The summed E-state index contributed by atoms with van der Waals surface area (Å²) in [5.74, 6) is 0.415. The molecule has 1 aromatic heterocycles. The van der Waals surface area contributed by atoms with Gasteiger partial charge in [-0.3, -0.25) is 14.4 Å². The third kappa shape index (κ3) is 3.97. The molecular formula is C25H29N3O3S2. The summed E-state index contributed by atoms with van der Waals surface area (Å²) >= 11 is 3.13. The third-order valence-corrected chi connectivity index (χ3v) is 9.79. The molecule has 2 aromatic rings. The molecule has 33 heavy (non-hydrogen) atoms. The molecule has 3 amide bonds. The van der Waals surface area contributed by atoms with Crippen molar-refractivity contribution in [2.45, 2.75) is 56.9 Å². The minimum Gasteiger partial charge on any atom is -0.339 e. The Labute approximate surface area is 202 Å². The maximum Gasteiger partial charge on any atom is 0.257 e. The highest BCUT2D eigenvalue weighted by atomic mass is 32.2. The number of nitrogens with one attached hydrogen (secondary N) is 1. The van der Waals surface area contributed by atoms with Crippen molar-refractivity contribution in [3.8, 4) is 10.4 Å². The number of fused-ring (bicyclic) bond motifs is 1. The fourth-order valence-corrected chi connectivity index (χ4v) is 7.83. The van der Waals surface area contributed by atoms with Crippen LogP contribution in [-0.4, -0.2) is 57.3 Å². The topological polar surface area (TPSA) is 69.7 Å². The van der Waals surface area contributed by atoms with Gasteiger partial charge in [-0.1, -0.05) is 30.3 Å². The molecule has 2 atom stereocenters. The molecule has 6 nitrogen and oxygen atoms in total. The minimum atomic E-state index is -0.504. The summed E-state index contributed by atoms with van der Waals surface area (Å²) in [4.78, 5) is 43.9. The molecule has 0 radical (unpaired) electrons. The van der Waals surface area contributed by atoms with Crippen LogP contribution >= 0.6 is 23.1 Å². The molecule has 3 saturated heterocycles. The van der Waals surface area contributed by atoms with Crippen molar-refractivity contribution in [1.82, 2.24) is 9.80 Å². The summed E-state index contributed by atoms with van der Waals surface area (Å²) < 4.78 is 0. The van der Waals surface area contributed by atoms with E-state index in [9.17, 15) is 14.4 Å². The molecule has 3 aliphatic heterocycles. The van der Waals surface area contributed by atoms with E-state index in [0.29, 0.717) is 22.7 Å². The van der Waals surface area contributed by atoms with Gasteiger partial charge in [0.1, 0.15) is 11.0 Å². The molecular weight excluding hydrogens is 454 g/mol. The largest absolute Gasteiger partial charge is 0.339 e. The summed E-state index contributed by atoms with van der Waals surface area (Å²) in [5.41, 5.74) is 2.53. The Bertz CT molecular complexity index is 1090. The number of likely N-dealkylation sites (tertiary alicyclic amines) is 1. The molecule has 0 saturated carbocycles. The quantitative estimate of drug-likeness (QED) is 0.682. The van der Waals surface area contributed by atoms with Crippen LogP contribution in [0, 0.1) is 6.92 Å². The number of benzene rings is 1. The molecule has 8 heteroatoms. The predicted octanol–water partition coefficient (Wildman–Crippen LogP) is 4.74. The van der Waals surface area contributed by atoms with E-state index in [1.807, 2.05) is 49.1 Å². The Morgan fingerprint density at radius 3 is 2.58 bits per heavy atom. The van der Waals surface area contributed by atoms with Crippen LogP contribution < -0.4 is 5.32 Å². The van der Waals surface area contributed by atoms with Crippen LogP contribution in [0.2, 0.25) is 0 Å². The molecule has 0 aliphatic carbocycles. The van der Waals surface area contributed by atoms with Crippen LogP contribution in [0.15, 0.2) is 30.3 Å². The van der Waals surface area contributed by atoms with E-state index in [4.69, 9.17) is 0 Å². The standard InChI is InChI=1S/C25H29N3O3S2/c1-16-20(24(31)27-13-7-4-8-14-27)23(33-21(16)17-9-5-3-6-10-17)26-22(30)18-15-32-25(2)12-11-19(29)28(18)25/h3,5-6,9-10,18H,4,7-8,11-15H2,1-2H3,(H,26,30). The number of rotatable bonds is 4. The van der Waals surface area contributed by atoms with Gasteiger partial charge in [0.2, 0.25) is 11.8 Å². The lowest BCUT2D eigenvalue weighted by molar-refractivity contribution is -0.135. The van der Waals surface area contributed by atoms with Crippen LogP contribution in [0.5, 0.6) is 0 Å². The third-order valence-electron chi connectivity index (χ3n) is 7.02. The van der Waals surface area contributed by atoms with Crippen molar-refractivity contribution in [3.63, 3.8) is 0 Å². The Morgan fingerprint density at radius 1 is 1.12 bits per heavy atom. The second-order valence-corrected chi connectivity index (χ2v) is 11.8. The maximum atomic E-state index is 13.6. The molecule has 1 aromatic carbocycles. The predicted molar refractivity (Wildman–Crippen MR) is 134 cm³/mol. The van der Waals surface area contributed by atoms with Gasteiger partial charge in [-0.25, -0.2) is 0 Å². The van der Waals surface area contributed by atoms with Crippen molar-refractivity contribution >= 4 is 45.8 Å². The Hall–Kier alpha value is -2.32. The van der Waals surface area contributed by atoms with Gasteiger partial charge in [-0.05, 0) is 50.7 Å². The second-order valence-electron chi connectivity index (χ2n) is 9.23. The van der Waals surface area contributed by atoms with Crippen LogP contribution in [0.4, 0.5) is 5.00 Å². The number of thioether (sulfide) groups is 1. The first-order valence-corrected chi connectivity index (χ1v) is 13.4. The zero-order chi connectivity index (χ0) is 23.2. The highest BCUT2D eigenvalue weighted by molar-refractivity contribution is 8.01. The molecule has 0 bridgehead atoms. The van der Waals surface area contributed by atoms with Crippen LogP contribution in [0.25, 0.3) is 10.4 Å². The number of hydrogen-bond acceptors (Lipinski definition) is 5. The van der Waals surface area contributed by atoms with E-state index in [-0.39, 0.29) is 22.6 Å². The first kappa shape index (κ1) is 22.5. The van der Waals surface area contributed by atoms with Gasteiger partial charge in [-0.2, -0.15) is 0 Å². The molecule has 3 fully saturated rings. The lowest BCUT2D eigenvalue weighted by atomic mass is 10.0. The fourth-order valence-electron chi connectivity index (χ4n) is 5.19. The van der Waals surface area contributed by atoms with Crippen molar-refractivity contribution < 1.29 is 14.4 Å². The molecule has 174 valence electrons. The number of carbonyl (C=O) groups is 3. The summed E-state index contributed by atoms with van der Waals surface area (Å²) in [6.45, 7) is 5.52. The summed E-state index contributed by atoms with van der Waals surface area (Å²) in [5, 5.41) is 3.67. The Kier molecular flexibility index (Phi) is 5.99. The first-order chi connectivity index (χ1) is 15.9. The van der Waals surface area contributed by atoms with E-state index in [1.165, 1.54) is 11.3 Å². The van der Waals surface area contributed by atoms with Crippen molar-refractivity contribution in [3.05, 3.63) is 41.5 Å². The number of thiophene rings is 1. The van der Waals surface area contributed by atoms with E-state index in [0.717, 1.165) is 54.8 Å². The van der Waals surface area contributed by atoms with E-state index in [1.54, 1.807) is 16.7 Å². The van der Waals surface area contributed by atoms with Gasteiger partial charge in [0.25, 0.3) is 5.91 Å². The zero-order valence-corrected chi connectivity index (χ0v) is 20.7. The van der Waals surface area contributed by atoms with Gasteiger partial charge >= 0.3 is 0 Å². The number of carbonyl (C=O) groups excluding carboxylic acids is 3. The second kappa shape index (κ2) is 8.80. The lowest BCUT2D eigenvalue weighted by Gasteiger charge is -2.30. The highest BCUT2D eigenvalue weighted by Gasteiger charge is 2.53. The average Bonchev–Trinajstić information content (AvgIpc) is 3.45. The molecule has 0 spiro atoms. The Balaban J connectivity index is 1.49. The Morgan fingerprint density at radius 2 is 1.85 bits per heavy atom. The molecule has 1 N–H and O–H groups in total. The van der Waals surface area contributed by atoms with Gasteiger partial charge in [-0.15, -0.1) is 23.1 Å². The van der Waals surface area contributed by atoms with Crippen LogP contribution in [0.3, 0.4) is 0 Å². The monoisotopic (exact) mass is 483 g/mol. The van der Waals surface area contributed by atoms with Crippen molar-refractivity contribution in [2.24, 2.45) is 0 Å². The van der Waals surface area contributed by atoms with Crippen LogP contribution in [-0.2, 0) is 9.59 Å². The van der Waals surface area contributed by atoms with Gasteiger partial charge in [0, 0.05) is 30.1 Å². The van der Waals surface area contributed by atoms with E-state index >= 15 is 0 Å². The smallest absolute Gasteiger partial charge is 0.257 e. The number of anilines is 1. The number of hydrogen-bond donors (Lipinski definition) is 1. The average molecular weight is 484 g/mol. The van der Waals surface area contributed by atoms with Crippen molar-refractivity contribution in [1.29, 1.82) is 0 Å². The molecule has 5 rings (SSSR count). The molecule has 3 aliphatic rings. The molecule has 4 heterocycles. The fraction of sp³-hybridized carbons (Fsp3) is 0.480. The summed E-state index contributed by atoms with van der Waals surface area (Å²) in [6, 6.07) is 9.48. The van der Waals surface area contributed by atoms with Gasteiger partial charge in [0.15, 0.2) is 0 Å². The minimum absolute atomic E-state index is 0.0104. The summed E-state index contributed by atoms with van der Waals surface area (Å²) in [6.07, 6.45) is 4.43. The van der Waals surface area contributed by atoms with Crippen LogP contribution in [0.1, 0.15) is 54.9 Å². The SMILES string of the molecule is Cc1c(-c2ccccc2)sc(NC(=O)C2CSC3(C)CCC(=O)N23)c1C(=O)N1CCCCC1. The number of piperidine rings is 1. The van der Waals surface area contributed by atoms with Gasteiger partial charge in [0.05, 0.1) is 10.4 Å². The van der Waals surface area contributed by atoms with E-state index < -0.39 is 6.04 Å². The lowest BCUT2D eigenvalue weighted by Crippen LogP contribution is -2.48. The van der Waals surface area contributed by atoms with E-state index in [2.05, 4.69) is 5.32 Å². The summed E-state index contributed by atoms with van der Waals surface area (Å²) in [7, 11) is 0. The maximum absolute atomic E-state index is 13.6.